The molecule has 0 N–H and O–H groups in total. The highest BCUT2D eigenvalue weighted by molar-refractivity contribution is 6.13. The van der Waals surface area contributed by atoms with Gasteiger partial charge in [-0.05, 0) is 66.7 Å². The average Bonchev–Trinajstić information content (AvgIpc) is 3.86. The molecule has 246 valence electrons. The molecule has 0 saturated heterocycles. The van der Waals surface area contributed by atoms with E-state index in [1.165, 1.54) is 0 Å². The predicted octanol–water partition coefficient (Wildman–Crippen LogP) is 10.3. The minimum absolute atomic E-state index is 0.525. The minimum atomic E-state index is 0.525. The molecule has 53 heavy (non-hydrogen) atoms. The van der Waals surface area contributed by atoms with Crippen LogP contribution in [0.15, 0.2) is 158 Å². The summed E-state index contributed by atoms with van der Waals surface area (Å²) < 4.78 is 6.50. The van der Waals surface area contributed by atoms with Crippen LogP contribution in [0.1, 0.15) is 0 Å². The van der Waals surface area contributed by atoms with Gasteiger partial charge in [0.05, 0.1) is 27.6 Å². The van der Waals surface area contributed by atoms with Crippen LogP contribution in [0, 0.1) is 0 Å². The Kier molecular flexibility index (Phi) is 5.62. The second-order valence-corrected chi connectivity index (χ2v) is 13.4. The van der Waals surface area contributed by atoms with Crippen LogP contribution in [0.5, 0.6) is 0 Å². The molecule has 7 aromatic heterocycles. The quantitative estimate of drug-likeness (QED) is 0.174. The Labute approximate surface area is 300 Å². The normalized spacial score (nSPS) is 12.2. The maximum atomic E-state index is 5.48. The monoisotopic (exact) mass is 678 g/mol. The third kappa shape index (κ3) is 3.86. The fraction of sp³-hybridized carbons (Fsp3) is 0. The average molecular weight is 679 g/mol. The van der Waals surface area contributed by atoms with Gasteiger partial charge in [-0.2, -0.15) is 4.98 Å². The Morgan fingerprint density at radius 3 is 1.45 bits per heavy atom. The van der Waals surface area contributed by atoms with Crippen LogP contribution in [-0.2, 0) is 0 Å². The number of benzene rings is 5. The van der Waals surface area contributed by atoms with E-state index in [0.717, 1.165) is 99.1 Å². The van der Waals surface area contributed by atoms with Crippen LogP contribution < -0.4 is 0 Å². The van der Waals surface area contributed by atoms with Crippen LogP contribution >= 0.6 is 0 Å². The highest BCUT2D eigenvalue weighted by Crippen LogP contribution is 2.38. The van der Waals surface area contributed by atoms with Gasteiger partial charge in [-0.3, -0.25) is 13.7 Å². The Hall–Kier alpha value is -7.45. The summed E-state index contributed by atoms with van der Waals surface area (Å²) in [6, 6.07) is 50.4. The molecule has 8 heteroatoms. The third-order valence-electron chi connectivity index (χ3n) is 10.6. The Balaban J connectivity index is 1.25. The molecule has 0 amide bonds. The lowest BCUT2D eigenvalue weighted by atomic mass is 10.1. The number of hydrogen-bond donors (Lipinski definition) is 0. The highest BCUT2D eigenvalue weighted by atomic mass is 15.2. The molecular weight excluding hydrogens is 653 g/mol. The fourth-order valence-electron chi connectivity index (χ4n) is 8.31. The molecule has 5 aromatic carbocycles. The van der Waals surface area contributed by atoms with Gasteiger partial charge in [0.25, 0.3) is 0 Å². The van der Waals surface area contributed by atoms with Gasteiger partial charge in [0.15, 0.2) is 5.82 Å². The Morgan fingerprint density at radius 1 is 0.340 bits per heavy atom. The molecule has 0 bridgehead atoms. The summed E-state index contributed by atoms with van der Waals surface area (Å²) in [5.74, 6) is 2.07. The first-order valence-electron chi connectivity index (χ1n) is 17.6. The SMILES string of the molecule is c1ccc2c(c1)c1ccccc1n2-c1nc(-n2c3ccccc3c3cccnc32)nc2c1ccc1ccc(-n3c4ccccc4c4cccnc43)nc12. The van der Waals surface area contributed by atoms with E-state index in [-0.39, 0.29) is 0 Å². The van der Waals surface area contributed by atoms with Gasteiger partial charge in [0.1, 0.15) is 22.6 Å². The summed E-state index contributed by atoms with van der Waals surface area (Å²) in [5, 5.41) is 8.55. The summed E-state index contributed by atoms with van der Waals surface area (Å²) in [4.78, 5) is 26.1. The van der Waals surface area contributed by atoms with Crippen molar-refractivity contribution in [3.63, 3.8) is 0 Å². The van der Waals surface area contributed by atoms with Gasteiger partial charge in [-0.25, -0.2) is 19.9 Å². The molecule has 0 aliphatic carbocycles. The fourth-order valence-corrected chi connectivity index (χ4v) is 8.31. The number of aromatic nitrogens is 8. The molecule has 0 unspecified atom stereocenters. The van der Waals surface area contributed by atoms with Crippen molar-refractivity contribution in [2.75, 3.05) is 0 Å². The van der Waals surface area contributed by atoms with Crippen LogP contribution in [0.25, 0.3) is 105 Å². The lowest BCUT2D eigenvalue weighted by Crippen LogP contribution is -2.08. The van der Waals surface area contributed by atoms with Gasteiger partial charge < -0.3 is 0 Å². The van der Waals surface area contributed by atoms with Gasteiger partial charge >= 0.3 is 0 Å². The van der Waals surface area contributed by atoms with Gasteiger partial charge in [0.2, 0.25) is 5.95 Å². The van der Waals surface area contributed by atoms with E-state index in [2.05, 4.69) is 147 Å². The Bertz CT molecular complexity index is 3320. The third-order valence-corrected chi connectivity index (χ3v) is 10.6. The molecule has 8 nitrogen and oxygen atoms in total. The number of fused-ring (bicyclic) bond motifs is 12. The molecule has 0 radical (unpaired) electrons. The smallest absolute Gasteiger partial charge is 0.238 e. The van der Waals surface area contributed by atoms with E-state index in [1.807, 2.05) is 24.5 Å². The second-order valence-electron chi connectivity index (χ2n) is 13.4. The molecule has 7 heterocycles. The summed E-state index contributed by atoms with van der Waals surface area (Å²) in [6.07, 6.45) is 3.67. The Morgan fingerprint density at radius 2 is 0.830 bits per heavy atom. The molecule has 0 atom stereocenters. The van der Waals surface area contributed by atoms with E-state index < -0.39 is 0 Å². The van der Waals surface area contributed by atoms with Crippen molar-refractivity contribution in [3.8, 4) is 17.6 Å². The van der Waals surface area contributed by atoms with Crippen molar-refractivity contribution in [1.29, 1.82) is 0 Å². The number of pyridine rings is 3. The van der Waals surface area contributed by atoms with Crippen molar-refractivity contribution < 1.29 is 0 Å². The summed E-state index contributed by atoms with van der Waals surface area (Å²) in [7, 11) is 0. The maximum absolute atomic E-state index is 5.48. The van der Waals surface area contributed by atoms with Crippen LogP contribution in [0.3, 0.4) is 0 Å². The van der Waals surface area contributed by atoms with Crippen LogP contribution in [-0.4, -0.2) is 38.6 Å². The number of para-hydroxylation sites is 4. The lowest BCUT2D eigenvalue weighted by Gasteiger charge is -2.15. The number of hydrogen-bond acceptors (Lipinski definition) is 5. The zero-order valence-electron chi connectivity index (χ0n) is 28.1. The van der Waals surface area contributed by atoms with E-state index in [1.54, 1.807) is 0 Å². The highest BCUT2D eigenvalue weighted by Gasteiger charge is 2.22. The first-order valence-corrected chi connectivity index (χ1v) is 17.6. The second kappa shape index (κ2) is 10.5. The van der Waals surface area contributed by atoms with Crippen LogP contribution in [0.2, 0.25) is 0 Å². The topological polar surface area (TPSA) is 79.2 Å². The molecule has 0 aliphatic heterocycles. The minimum Gasteiger partial charge on any atom is -0.293 e. The van der Waals surface area contributed by atoms with Crippen LogP contribution in [0.4, 0.5) is 0 Å². The largest absolute Gasteiger partial charge is 0.293 e. The first kappa shape index (κ1) is 28.3. The van der Waals surface area contributed by atoms with Crippen molar-refractivity contribution in [2.45, 2.75) is 0 Å². The van der Waals surface area contributed by atoms with Crippen molar-refractivity contribution >= 4 is 87.5 Å². The lowest BCUT2D eigenvalue weighted by molar-refractivity contribution is 0.963. The zero-order chi connectivity index (χ0) is 34.6. The van der Waals surface area contributed by atoms with Crippen molar-refractivity contribution in [1.82, 2.24) is 38.6 Å². The van der Waals surface area contributed by atoms with Gasteiger partial charge in [-0.15, -0.1) is 0 Å². The molecule has 0 saturated carbocycles. The molecule has 0 spiro atoms. The molecule has 12 aromatic rings. The molecule has 0 fully saturated rings. The maximum Gasteiger partial charge on any atom is 0.238 e. The van der Waals surface area contributed by atoms with E-state index in [4.69, 9.17) is 24.9 Å². The number of nitrogens with zero attached hydrogens (tertiary/aromatic N) is 8. The summed E-state index contributed by atoms with van der Waals surface area (Å²) in [6.45, 7) is 0. The number of rotatable bonds is 3. The first-order chi connectivity index (χ1) is 26.3. The zero-order valence-corrected chi connectivity index (χ0v) is 28.1. The molecule has 0 aliphatic rings. The summed E-state index contributed by atoms with van der Waals surface area (Å²) in [5.41, 5.74) is 7.36. The standard InChI is InChI=1S/C45H26N8/c1-5-17-35-28(11-1)29-12-2-6-18-36(29)51(35)44-34-23-21-27-22-24-39(52-37-19-7-3-13-30(37)32-15-9-25-46-42(32)52)48-40(27)41(34)49-45(50-44)53-38-20-8-4-14-31(38)33-16-10-26-47-43(33)53/h1-26H. The van der Waals surface area contributed by atoms with E-state index in [0.29, 0.717) is 5.95 Å². The van der Waals surface area contributed by atoms with Gasteiger partial charge in [-0.1, -0.05) is 78.9 Å². The van der Waals surface area contributed by atoms with Crippen molar-refractivity contribution in [2.24, 2.45) is 0 Å². The predicted molar refractivity (Wildman–Crippen MR) is 213 cm³/mol. The molecule has 12 rings (SSSR count). The van der Waals surface area contributed by atoms with Gasteiger partial charge in [0, 0.05) is 55.5 Å². The van der Waals surface area contributed by atoms with Crippen molar-refractivity contribution in [3.05, 3.63) is 158 Å². The van der Waals surface area contributed by atoms with E-state index >= 15 is 0 Å². The molecular formula is C45H26N8. The summed E-state index contributed by atoms with van der Waals surface area (Å²) >= 11 is 0. The van der Waals surface area contributed by atoms with E-state index in [9.17, 15) is 0 Å².